The standard InChI is InChI=1S/C19H26N6O/c1-14-5-6-16(13-15(14)2)20-19(26)25-11-9-24(10-12-25)18-8-7-17(21-22-18)23(3)4/h5-8,13H,9-12H2,1-4H3,(H,20,26). The topological polar surface area (TPSA) is 64.6 Å². The molecule has 1 aliphatic heterocycles. The molecule has 26 heavy (non-hydrogen) atoms. The zero-order valence-corrected chi connectivity index (χ0v) is 15.9. The molecule has 0 bridgehead atoms. The fourth-order valence-corrected chi connectivity index (χ4v) is 2.89. The van der Waals surface area contributed by atoms with Crippen LogP contribution in [0.3, 0.4) is 0 Å². The number of nitrogens with zero attached hydrogens (tertiary/aromatic N) is 5. The third kappa shape index (κ3) is 4.04. The summed E-state index contributed by atoms with van der Waals surface area (Å²) in [5.74, 6) is 1.69. The van der Waals surface area contributed by atoms with Crippen molar-refractivity contribution < 1.29 is 4.79 Å². The molecule has 3 rings (SSSR count). The molecule has 1 fully saturated rings. The molecular formula is C19H26N6O. The van der Waals surface area contributed by atoms with Gasteiger partial charge in [0.1, 0.15) is 0 Å². The molecule has 2 aromatic rings. The number of carbonyl (C=O) groups excluding carboxylic acids is 1. The summed E-state index contributed by atoms with van der Waals surface area (Å²) in [4.78, 5) is 18.4. The minimum atomic E-state index is -0.0538. The molecule has 1 aromatic heterocycles. The molecule has 1 N–H and O–H groups in total. The van der Waals surface area contributed by atoms with Gasteiger partial charge in [0.05, 0.1) is 0 Å². The van der Waals surface area contributed by atoms with Crippen LogP contribution in [-0.4, -0.2) is 61.4 Å². The minimum absolute atomic E-state index is 0.0538. The lowest BCUT2D eigenvalue weighted by atomic mass is 10.1. The van der Waals surface area contributed by atoms with E-state index in [2.05, 4.69) is 27.3 Å². The monoisotopic (exact) mass is 354 g/mol. The van der Waals surface area contributed by atoms with E-state index in [0.717, 1.165) is 30.4 Å². The molecule has 7 heteroatoms. The Morgan fingerprint density at radius 1 is 1.00 bits per heavy atom. The molecule has 1 aromatic carbocycles. The summed E-state index contributed by atoms with van der Waals surface area (Å²) >= 11 is 0. The number of carbonyl (C=O) groups is 1. The van der Waals surface area contributed by atoms with E-state index in [0.29, 0.717) is 13.1 Å². The van der Waals surface area contributed by atoms with Crippen LogP contribution in [0.4, 0.5) is 22.1 Å². The number of anilines is 3. The van der Waals surface area contributed by atoms with Gasteiger partial charge in [-0.2, -0.15) is 0 Å². The Morgan fingerprint density at radius 2 is 1.73 bits per heavy atom. The first-order chi connectivity index (χ1) is 12.4. The molecule has 0 radical (unpaired) electrons. The van der Waals surface area contributed by atoms with Crippen LogP contribution in [0.5, 0.6) is 0 Å². The predicted octanol–water partition coefficient (Wildman–Crippen LogP) is 2.51. The van der Waals surface area contributed by atoms with E-state index >= 15 is 0 Å². The van der Waals surface area contributed by atoms with Crippen LogP contribution in [0.2, 0.25) is 0 Å². The van der Waals surface area contributed by atoms with Crippen LogP contribution in [0.25, 0.3) is 0 Å². The van der Waals surface area contributed by atoms with Crippen molar-refractivity contribution in [3.8, 4) is 0 Å². The van der Waals surface area contributed by atoms with Crippen LogP contribution in [0.1, 0.15) is 11.1 Å². The van der Waals surface area contributed by atoms with E-state index in [1.54, 1.807) is 0 Å². The molecule has 0 spiro atoms. The summed E-state index contributed by atoms with van der Waals surface area (Å²) < 4.78 is 0. The molecule has 1 aliphatic rings. The average molecular weight is 354 g/mol. The molecule has 0 atom stereocenters. The summed E-state index contributed by atoms with van der Waals surface area (Å²) in [5, 5.41) is 11.5. The summed E-state index contributed by atoms with van der Waals surface area (Å²) in [7, 11) is 3.88. The van der Waals surface area contributed by atoms with E-state index in [-0.39, 0.29) is 6.03 Å². The van der Waals surface area contributed by atoms with Gasteiger partial charge in [-0.1, -0.05) is 6.07 Å². The van der Waals surface area contributed by atoms with Gasteiger partial charge >= 0.3 is 6.03 Å². The number of rotatable bonds is 3. The summed E-state index contributed by atoms with van der Waals surface area (Å²) in [5.41, 5.74) is 3.23. The van der Waals surface area contributed by atoms with Crippen molar-refractivity contribution in [3.63, 3.8) is 0 Å². The second kappa shape index (κ2) is 7.59. The van der Waals surface area contributed by atoms with Crippen molar-refractivity contribution >= 4 is 23.4 Å². The van der Waals surface area contributed by atoms with E-state index in [4.69, 9.17) is 0 Å². The quantitative estimate of drug-likeness (QED) is 0.917. The highest BCUT2D eigenvalue weighted by Gasteiger charge is 2.22. The molecule has 0 saturated carbocycles. The average Bonchev–Trinajstić information content (AvgIpc) is 2.65. The van der Waals surface area contributed by atoms with Crippen molar-refractivity contribution in [2.45, 2.75) is 13.8 Å². The Labute approximate surface area is 154 Å². The van der Waals surface area contributed by atoms with Crippen LogP contribution >= 0.6 is 0 Å². The van der Waals surface area contributed by atoms with Crippen LogP contribution in [0.15, 0.2) is 30.3 Å². The van der Waals surface area contributed by atoms with Gasteiger partial charge in [0.25, 0.3) is 0 Å². The van der Waals surface area contributed by atoms with E-state index in [1.165, 1.54) is 11.1 Å². The van der Waals surface area contributed by atoms with Gasteiger partial charge < -0.3 is 20.0 Å². The van der Waals surface area contributed by atoms with Gasteiger partial charge in [0.2, 0.25) is 0 Å². The van der Waals surface area contributed by atoms with E-state index < -0.39 is 0 Å². The Morgan fingerprint density at radius 3 is 2.31 bits per heavy atom. The van der Waals surface area contributed by atoms with Gasteiger partial charge in [0.15, 0.2) is 11.6 Å². The Balaban J connectivity index is 1.55. The maximum absolute atomic E-state index is 12.5. The normalized spacial score (nSPS) is 14.3. The second-order valence-electron chi connectivity index (χ2n) is 6.85. The second-order valence-corrected chi connectivity index (χ2v) is 6.85. The third-order valence-electron chi connectivity index (χ3n) is 4.74. The van der Waals surface area contributed by atoms with Crippen molar-refractivity contribution in [3.05, 3.63) is 41.5 Å². The minimum Gasteiger partial charge on any atom is -0.361 e. The van der Waals surface area contributed by atoms with Gasteiger partial charge in [-0.3, -0.25) is 0 Å². The number of urea groups is 1. The highest BCUT2D eigenvalue weighted by Crippen LogP contribution is 2.17. The number of hydrogen-bond acceptors (Lipinski definition) is 5. The number of benzene rings is 1. The van der Waals surface area contributed by atoms with Crippen molar-refractivity contribution in [2.24, 2.45) is 0 Å². The van der Waals surface area contributed by atoms with Crippen molar-refractivity contribution in [2.75, 3.05) is 55.4 Å². The zero-order chi connectivity index (χ0) is 18.7. The van der Waals surface area contributed by atoms with Crippen LogP contribution in [-0.2, 0) is 0 Å². The first kappa shape index (κ1) is 18.0. The fraction of sp³-hybridized carbons (Fsp3) is 0.421. The molecule has 138 valence electrons. The Bertz CT molecular complexity index is 766. The van der Waals surface area contributed by atoms with Gasteiger partial charge in [-0.25, -0.2) is 4.79 Å². The lowest BCUT2D eigenvalue weighted by Crippen LogP contribution is -2.50. The largest absolute Gasteiger partial charge is 0.361 e. The number of piperazine rings is 1. The molecule has 2 amide bonds. The van der Waals surface area contributed by atoms with Gasteiger partial charge in [0, 0.05) is 46.0 Å². The maximum Gasteiger partial charge on any atom is 0.321 e. The first-order valence-electron chi connectivity index (χ1n) is 8.83. The smallest absolute Gasteiger partial charge is 0.321 e. The Kier molecular flexibility index (Phi) is 5.25. The molecule has 2 heterocycles. The van der Waals surface area contributed by atoms with E-state index in [9.17, 15) is 4.79 Å². The molecule has 0 unspecified atom stereocenters. The summed E-state index contributed by atoms with van der Waals surface area (Å²) in [6.45, 7) is 6.93. The lowest BCUT2D eigenvalue weighted by molar-refractivity contribution is 0.208. The first-order valence-corrected chi connectivity index (χ1v) is 8.83. The highest BCUT2D eigenvalue weighted by atomic mass is 16.2. The van der Waals surface area contributed by atoms with Crippen molar-refractivity contribution in [1.82, 2.24) is 15.1 Å². The highest BCUT2D eigenvalue weighted by molar-refractivity contribution is 5.89. The van der Waals surface area contributed by atoms with Crippen molar-refractivity contribution in [1.29, 1.82) is 0 Å². The lowest BCUT2D eigenvalue weighted by Gasteiger charge is -2.35. The molecule has 7 nitrogen and oxygen atoms in total. The van der Waals surface area contributed by atoms with E-state index in [1.807, 2.05) is 61.2 Å². The number of hydrogen-bond donors (Lipinski definition) is 1. The maximum atomic E-state index is 12.5. The number of aryl methyl sites for hydroxylation is 2. The van der Waals surface area contributed by atoms with Crippen LogP contribution < -0.4 is 15.1 Å². The number of nitrogens with one attached hydrogen (secondary N) is 1. The summed E-state index contributed by atoms with van der Waals surface area (Å²) in [6, 6.07) is 9.86. The molecule has 0 aliphatic carbocycles. The third-order valence-corrected chi connectivity index (χ3v) is 4.74. The summed E-state index contributed by atoms with van der Waals surface area (Å²) in [6.07, 6.45) is 0. The SMILES string of the molecule is Cc1ccc(NC(=O)N2CCN(c3ccc(N(C)C)nn3)CC2)cc1C. The van der Waals surface area contributed by atoms with Gasteiger partial charge in [-0.05, 0) is 49.2 Å². The van der Waals surface area contributed by atoms with Crippen LogP contribution in [0, 0.1) is 13.8 Å². The number of amides is 2. The number of aromatic nitrogens is 2. The molecule has 1 saturated heterocycles. The predicted molar refractivity (Wildman–Crippen MR) is 105 cm³/mol. The zero-order valence-electron chi connectivity index (χ0n) is 15.9. The molecular weight excluding hydrogens is 328 g/mol. The van der Waals surface area contributed by atoms with Gasteiger partial charge in [-0.15, -0.1) is 10.2 Å². The Hall–Kier alpha value is -2.83. The fourth-order valence-electron chi connectivity index (χ4n) is 2.89.